The molecule has 1 aromatic heterocycles. The minimum absolute atomic E-state index is 0.0120. The van der Waals surface area contributed by atoms with Crippen LogP contribution in [0.15, 0.2) is 18.6 Å². The molecule has 0 aromatic carbocycles. The van der Waals surface area contributed by atoms with Crippen molar-refractivity contribution in [3.63, 3.8) is 0 Å². The summed E-state index contributed by atoms with van der Waals surface area (Å²) in [4.78, 5) is 8.07. The zero-order chi connectivity index (χ0) is 8.93. The second kappa shape index (κ2) is 4.21. The van der Waals surface area contributed by atoms with Gasteiger partial charge in [0.25, 0.3) is 0 Å². The van der Waals surface area contributed by atoms with E-state index in [0.717, 1.165) is 5.69 Å². The van der Waals surface area contributed by atoms with Gasteiger partial charge in [-0.2, -0.15) is 11.1 Å². The van der Waals surface area contributed by atoms with Gasteiger partial charge < -0.3 is 0 Å². The maximum absolute atomic E-state index is 4.12. The average Bonchev–Trinajstić information content (AvgIpc) is 2.69. The fourth-order valence-electron chi connectivity index (χ4n) is 0.983. The molecule has 1 saturated heterocycles. The number of hydrogen-bond acceptors (Lipinski definition) is 7. The molecule has 70 valence electrons. The molecule has 5 N–H and O–H groups in total. The lowest BCUT2D eigenvalue weighted by Crippen LogP contribution is -2.46. The van der Waals surface area contributed by atoms with Crippen molar-refractivity contribution in [1.82, 2.24) is 37.2 Å². The van der Waals surface area contributed by atoms with Crippen molar-refractivity contribution in [1.29, 1.82) is 0 Å². The largest absolute Gasteiger partial charge is 0.282 e. The normalized spacial score (nSPS) is 17.8. The Labute approximate surface area is 75.3 Å². The van der Waals surface area contributed by atoms with Crippen LogP contribution in [0, 0.1) is 0 Å². The molecule has 13 heavy (non-hydrogen) atoms. The Bertz CT molecular complexity index is 244. The van der Waals surface area contributed by atoms with Crippen molar-refractivity contribution in [2.24, 2.45) is 0 Å². The van der Waals surface area contributed by atoms with E-state index >= 15 is 0 Å². The predicted octanol–water partition coefficient (Wildman–Crippen LogP) is -2.03. The molecule has 7 heteroatoms. The maximum atomic E-state index is 4.12. The second-order valence-electron chi connectivity index (χ2n) is 2.55. The van der Waals surface area contributed by atoms with Crippen molar-refractivity contribution in [3.05, 3.63) is 24.3 Å². The standard InChI is InChI=1S/C6H11N7/c1-2-8-5(3-7-1)4-9-6-10-12-13-11-6/h1-3,6,9-13H,4H2. The van der Waals surface area contributed by atoms with Gasteiger partial charge in [-0.15, -0.1) is 0 Å². The van der Waals surface area contributed by atoms with E-state index < -0.39 is 0 Å². The molecule has 1 aliphatic heterocycles. The fraction of sp³-hybridized carbons (Fsp3) is 0.333. The van der Waals surface area contributed by atoms with Gasteiger partial charge in [-0.25, -0.2) is 10.9 Å². The lowest BCUT2D eigenvalue weighted by molar-refractivity contribution is 0.421. The summed E-state index contributed by atoms with van der Waals surface area (Å²) in [7, 11) is 0. The minimum Gasteiger partial charge on any atom is -0.282 e. The number of aromatic nitrogens is 2. The number of hydrogen-bond donors (Lipinski definition) is 5. The summed E-state index contributed by atoms with van der Waals surface area (Å²) in [5.74, 6) is 0. The Hall–Kier alpha value is -1.12. The topological polar surface area (TPSA) is 85.9 Å². The lowest BCUT2D eigenvalue weighted by atomic mass is 10.4. The highest BCUT2D eigenvalue weighted by Gasteiger charge is 2.10. The fourth-order valence-corrected chi connectivity index (χ4v) is 0.983. The van der Waals surface area contributed by atoms with Crippen molar-refractivity contribution in [2.45, 2.75) is 12.8 Å². The van der Waals surface area contributed by atoms with Crippen molar-refractivity contribution in [3.8, 4) is 0 Å². The molecule has 0 atom stereocenters. The zero-order valence-corrected chi connectivity index (χ0v) is 6.91. The van der Waals surface area contributed by atoms with Crippen LogP contribution in [-0.2, 0) is 6.54 Å². The highest BCUT2D eigenvalue weighted by molar-refractivity contribution is 4.93. The maximum Gasteiger partial charge on any atom is 0.139 e. The molecule has 1 aromatic rings. The Kier molecular flexibility index (Phi) is 2.75. The first-order valence-corrected chi connectivity index (χ1v) is 3.94. The summed E-state index contributed by atoms with van der Waals surface area (Å²) in [5.41, 5.74) is 12.1. The molecule has 2 rings (SSSR count). The third kappa shape index (κ3) is 2.41. The van der Waals surface area contributed by atoms with E-state index in [-0.39, 0.29) is 6.29 Å². The quantitative estimate of drug-likeness (QED) is 0.367. The minimum atomic E-state index is -0.0120. The highest BCUT2D eigenvalue weighted by Crippen LogP contribution is 1.88. The molecule has 0 bridgehead atoms. The van der Waals surface area contributed by atoms with Gasteiger partial charge in [-0.3, -0.25) is 15.3 Å². The SMILES string of the molecule is c1cnc(CNC2NNNN2)cn1. The smallest absolute Gasteiger partial charge is 0.139 e. The molecule has 0 radical (unpaired) electrons. The molecule has 0 saturated carbocycles. The zero-order valence-electron chi connectivity index (χ0n) is 6.91. The van der Waals surface area contributed by atoms with Gasteiger partial charge in [0, 0.05) is 25.1 Å². The summed E-state index contributed by atoms with van der Waals surface area (Å²) in [6, 6.07) is 0. The average molecular weight is 181 g/mol. The Morgan fingerprint density at radius 3 is 2.85 bits per heavy atom. The van der Waals surface area contributed by atoms with Crippen molar-refractivity contribution in [2.75, 3.05) is 0 Å². The van der Waals surface area contributed by atoms with Crippen LogP contribution in [0.2, 0.25) is 0 Å². The molecular formula is C6H11N7. The molecule has 0 aliphatic carbocycles. The van der Waals surface area contributed by atoms with Crippen LogP contribution in [0.25, 0.3) is 0 Å². The number of rotatable bonds is 3. The van der Waals surface area contributed by atoms with Crippen LogP contribution < -0.4 is 27.2 Å². The molecule has 0 amide bonds. The van der Waals surface area contributed by atoms with E-state index in [0.29, 0.717) is 6.54 Å². The third-order valence-electron chi connectivity index (χ3n) is 1.60. The summed E-state index contributed by atoms with van der Waals surface area (Å²) < 4.78 is 0. The van der Waals surface area contributed by atoms with E-state index in [1.54, 1.807) is 18.6 Å². The molecule has 1 fully saturated rings. The molecule has 0 unspecified atom stereocenters. The van der Waals surface area contributed by atoms with Gasteiger partial charge in [0.15, 0.2) is 0 Å². The summed E-state index contributed by atoms with van der Waals surface area (Å²) in [6.45, 7) is 0.655. The van der Waals surface area contributed by atoms with E-state index in [1.165, 1.54) is 0 Å². The highest BCUT2D eigenvalue weighted by atomic mass is 15.8. The Balaban J connectivity index is 1.79. The summed E-state index contributed by atoms with van der Waals surface area (Å²) in [6.07, 6.45) is 5.03. The second-order valence-corrected chi connectivity index (χ2v) is 2.55. The van der Waals surface area contributed by atoms with E-state index in [2.05, 4.69) is 37.2 Å². The van der Waals surface area contributed by atoms with Gasteiger partial charge in [0.05, 0.1) is 5.69 Å². The number of hydrazine groups is 3. The molecule has 7 nitrogen and oxygen atoms in total. The van der Waals surface area contributed by atoms with Gasteiger partial charge >= 0.3 is 0 Å². The first kappa shape index (κ1) is 8.48. The van der Waals surface area contributed by atoms with Gasteiger partial charge in [-0.1, -0.05) is 0 Å². The van der Waals surface area contributed by atoms with Crippen LogP contribution in [0.3, 0.4) is 0 Å². The van der Waals surface area contributed by atoms with Gasteiger partial charge in [-0.05, 0) is 0 Å². The third-order valence-corrected chi connectivity index (χ3v) is 1.60. The molecule has 0 spiro atoms. The van der Waals surface area contributed by atoms with Crippen molar-refractivity contribution >= 4 is 0 Å². The Morgan fingerprint density at radius 2 is 2.15 bits per heavy atom. The predicted molar refractivity (Wildman–Crippen MR) is 45.2 cm³/mol. The van der Waals surface area contributed by atoms with Crippen LogP contribution in [0.5, 0.6) is 0 Å². The molecular weight excluding hydrogens is 170 g/mol. The van der Waals surface area contributed by atoms with Crippen molar-refractivity contribution < 1.29 is 0 Å². The molecule has 1 aliphatic rings. The number of nitrogens with one attached hydrogen (secondary N) is 5. The van der Waals surface area contributed by atoms with Gasteiger partial charge in [0.2, 0.25) is 0 Å². The number of nitrogens with zero attached hydrogens (tertiary/aromatic N) is 2. The molecule has 2 heterocycles. The monoisotopic (exact) mass is 181 g/mol. The van der Waals surface area contributed by atoms with Crippen LogP contribution in [0.4, 0.5) is 0 Å². The Morgan fingerprint density at radius 1 is 1.31 bits per heavy atom. The van der Waals surface area contributed by atoms with E-state index in [4.69, 9.17) is 0 Å². The van der Waals surface area contributed by atoms with Crippen LogP contribution >= 0.6 is 0 Å². The lowest BCUT2D eigenvalue weighted by Gasteiger charge is -2.09. The summed E-state index contributed by atoms with van der Waals surface area (Å²) in [5, 5.41) is 3.15. The van der Waals surface area contributed by atoms with Gasteiger partial charge in [0.1, 0.15) is 6.29 Å². The van der Waals surface area contributed by atoms with E-state index in [1.807, 2.05) is 0 Å². The summed E-state index contributed by atoms with van der Waals surface area (Å²) >= 11 is 0. The first-order chi connectivity index (χ1) is 6.45. The van der Waals surface area contributed by atoms with Crippen LogP contribution in [-0.4, -0.2) is 16.3 Å². The van der Waals surface area contributed by atoms with E-state index in [9.17, 15) is 0 Å². The first-order valence-electron chi connectivity index (χ1n) is 3.94. The van der Waals surface area contributed by atoms with Crippen LogP contribution in [0.1, 0.15) is 5.69 Å².